The second-order valence-electron chi connectivity index (χ2n) is 9.36. The second-order valence-corrected chi connectivity index (χ2v) is 9.36. The van der Waals surface area contributed by atoms with E-state index < -0.39 is 0 Å². The number of halogens is 1. The number of carbonyl (C=O) groups excluding carboxylic acids is 2. The molecule has 0 bridgehead atoms. The standard InChI is InChI=1S/C27H37FN4O3/c1-6-7-16-35-23-11-8-20(9-12-23)27(34)31(5)21-10-13-25(24(28)17-21)32-15-14-22(18-32)30(4)26(33)19-29(2)3/h8-13,17,22H,6-7,14-16,18-19H2,1-5H3. The highest BCUT2D eigenvalue weighted by Crippen LogP contribution is 2.29. The molecule has 1 aliphatic rings. The molecule has 0 aliphatic carbocycles. The Bertz CT molecular complexity index is 1010. The van der Waals surface area contributed by atoms with E-state index in [4.69, 9.17) is 4.74 Å². The summed E-state index contributed by atoms with van der Waals surface area (Å²) in [5, 5.41) is 0. The number of hydrogen-bond acceptors (Lipinski definition) is 5. The molecule has 7 nitrogen and oxygen atoms in total. The Morgan fingerprint density at radius 3 is 2.43 bits per heavy atom. The third kappa shape index (κ3) is 6.72. The van der Waals surface area contributed by atoms with E-state index in [1.165, 1.54) is 11.0 Å². The van der Waals surface area contributed by atoms with E-state index in [0.717, 1.165) is 25.0 Å². The summed E-state index contributed by atoms with van der Waals surface area (Å²) in [6, 6.07) is 11.9. The molecular weight excluding hydrogens is 447 g/mol. The molecule has 0 N–H and O–H groups in total. The van der Waals surface area contributed by atoms with E-state index in [1.807, 2.05) is 30.9 Å². The van der Waals surface area contributed by atoms with Crippen LogP contribution >= 0.6 is 0 Å². The first-order chi connectivity index (χ1) is 16.7. The lowest BCUT2D eigenvalue weighted by molar-refractivity contribution is -0.132. The maximum atomic E-state index is 15.1. The van der Waals surface area contributed by atoms with Crippen molar-refractivity contribution in [3.05, 3.63) is 53.8 Å². The largest absolute Gasteiger partial charge is 0.494 e. The van der Waals surface area contributed by atoms with Gasteiger partial charge in [-0.2, -0.15) is 0 Å². The molecule has 1 atom stereocenters. The van der Waals surface area contributed by atoms with Gasteiger partial charge in [-0.3, -0.25) is 9.59 Å². The molecule has 0 radical (unpaired) electrons. The van der Waals surface area contributed by atoms with Crippen LogP contribution in [0.5, 0.6) is 5.75 Å². The minimum atomic E-state index is -0.384. The number of hydrogen-bond donors (Lipinski definition) is 0. The van der Waals surface area contributed by atoms with Crippen LogP contribution in [0.3, 0.4) is 0 Å². The van der Waals surface area contributed by atoms with Crippen molar-refractivity contribution in [3.8, 4) is 5.75 Å². The van der Waals surface area contributed by atoms with Crippen molar-refractivity contribution in [3.63, 3.8) is 0 Å². The molecule has 2 aromatic rings. The van der Waals surface area contributed by atoms with E-state index in [2.05, 4.69) is 6.92 Å². The average molecular weight is 485 g/mol. The van der Waals surface area contributed by atoms with Gasteiger partial charge in [0.25, 0.3) is 5.91 Å². The minimum Gasteiger partial charge on any atom is -0.494 e. The van der Waals surface area contributed by atoms with E-state index in [0.29, 0.717) is 43.2 Å². The summed E-state index contributed by atoms with van der Waals surface area (Å²) in [5.74, 6) is 0.175. The third-order valence-corrected chi connectivity index (χ3v) is 6.39. The number of unbranched alkanes of at least 4 members (excludes halogenated alkanes) is 1. The summed E-state index contributed by atoms with van der Waals surface area (Å²) in [7, 11) is 7.18. The number of likely N-dealkylation sites (N-methyl/N-ethyl adjacent to an activating group) is 2. The molecule has 35 heavy (non-hydrogen) atoms. The van der Waals surface area contributed by atoms with Crippen LogP contribution in [0.25, 0.3) is 0 Å². The first-order valence-electron chi connectivity index (χ1n) is 12.2. The van der Waals surface area contributed by atoms with Crippen LogP contribution in [0.1, 0.15) is 36.5 Å². The van der Waals surface area contributed by atoms with Crippen LogP contribution in [0.2, 0.25) is 0 Å². The minimum absolute atomic E-state index is 0.0414. The van der Waals surface area contributed by atoms with Gasteiger partial charge >= 0.3 is 0 Å². The molecule has 1 aliphatic heterocycles. The molecule has 0 saturated carbocycles. The molecule has 0 aromatic heterocycles. The van der Waals surface area contributed by atoms with Gasteiger partial charge in [0, 0.05) is 38.4 Å². The Labute approximate surface area is 208 Å². The van der Waals surface area contributed by atoms with Crippen LogP contribution in [0.15, 0.2) is 42.5 Å². The topological polar surface area (TPSA) is 56.3 Å². The van der Waals surface area contributed by atoms with Gasteiger partial charge < -0.3 is 24.3 Å². The van der Waals surface area contributed by atoms with Crippen molar-refractivity contribution in [1.82, 2.24) is 9.80 Å². The van der Waals surface area contributed by atoms with E-state index in [9.17, 15) is 9.59 Å². The summed E-state index contributed by atoms with van der Waals surface area (Å²) in [6.45, 7) is 4.35. The van der Waals surface area contributed by atoms with Crippen molar-refractivity contribution >= 4 is 23.2 Å². The lowest BCUT2D eigenvalue weighted by atomic mass is 10.1. The van der Waals surface area contributed by atoms with Crippen LogP contribution in [-0.2, 0) is 4.79 Å². The quantitative estimate of drug-likeness (QED) is 0.479. The van der Waals surface area contributed by atoms with Gasteiger partial charge in [0.2, 0.25) is 5.91 Å². The number of nitrogens with zero attached hydrogens (tertiary/aromatic N) is 4. The van der Waals surface area contributed by atoms with Crippen molar-refractivity contribution in [2.45, 2.75) is 32.2 Å². The predicted octanol–water partition coefficient (Wildman–Crippen LogP) is 3.88. The van der Waals surface area contributed by atoms with Crippen LogP contribution in [0, 0.1) is 5.82 Å². The number of amides is 2. The van der Waals surface area contributed by atoms with E-state index in [1.54, 1.807) is 48.3 Å². The molecule has 8 heteroatoms. The monoisotopic (exact) mass is 484 g/mol. The van der Waals surface area contributed by atoms with Crippen LogP contribution < -0.4 is 14.5 Å². The zero-order chi connectivity index (χ0) is 25.5. The Morgan fingerprint density at radius 2 is 1.80 bits per heavy atom. The molecule has 3 rings (SSSR count). The van der Waals surface area contributed by atoms with Crippen molar-refractivity contribution in [2.24, 2.45) is 0 Å². The van der Waals surface area contributed by atoms with Gasteiger partial charge in [-0.05, 0) is 69.4 Å². The first kappa shape index (κ1) is 26.5. The zero-order valence-corrected chi connectivity index (χ0v) is 21.5. The van der Waals surface area contributed by atoms with Gasteiger partial charge in [-0.15, -0.1) is 0 Å². The Balaban J connectivity index is 1.63. The summed E-state index contributed by atoms with van der Waals surface area (Å²) < 4.78 is 20.8. The summed E-state index contributed by atoms with van der Waals surface area (Å²) in [5.41, 5.74) is 1.47. The summed E-state index contributed by atoms with van der Waals surface area (Å²) in [4.78, 5) is 32.3. The molecule has 2 amide bonds. The van der Waals surface area contributed by atoms with Crippen molar-refractivity contribution in [1.29, 1.82) is 0 Å². The van der Waals surface area contributed by atoms with Crippen molar-refractivity contribution < 1.29 is 18.7 Å². The molecule has 2 aromatic carbocycles. The lowest BCUT2D eigenvalue weighted by Gasteiger charge is -2.27. The summed E-state index contributed by atoms with van der Waals surface area (Å²) in [6.07, 6.45) is 2.82. The third-order valence-electron chi connectivity index (χ3n) is 6.39. The molecule has 190 valence electrons. The van der Waals surface area contributed by atoms with Crippen LogP contribution in [0.4, 0.5) is 15.8 Å². The first-order valence-corrected chi connectivity index (χ1v) is 12.2. The number of rotatable bonds is 10. The number of ether oxygens (including phenoxy) is 1. The fourth-order valence-corrected chi connectivity index (χ4v) is 4.16. The maximum absolute atomic E-state index is 15.1. The predicted molar refractivity (Wildman–Crippen MR) is 138 cm³/mol. The van der Waals surface area contributed by atoms with Gasteiger partial charge in [0.05, 0.1) is 24.9 Å². The van der Waals surface area contributed by atoms with Gasteiger partial charge in [-0.25, -0.2) is 4.39 Å². The number of anilines is 2. The Kier molecular flexibility index (Phi) is 9.09. The Morgan fingerprint density at radius 1 is 1.09 bits per heavy atom. The Hall–Kier alpha value is -3.13. The fraction of sp³-hybridized carbons (Fsp3) is 0.481. The smallest absolute Gasteiger partial charge is 0.258 e. The summed E-state index contributed by atoms with van der Waals surface area (Å²) >= 11 is 0. The lowest BCUT2D eigenvalue weighted by Crippen LogP contribution is -2.43. The maximum Gasteiger partial charge on any atom is 0.258 e. The average Bonchev–Trinajstić information content (AvgIpc) is 3.32. The highest BCUT2D eigenvalue weighted by atomic mass is 19.1. The molecule has 1 unspecified atom stereocenters. The fourth-order valence-electron chi connectivity index (χ4n) is 4.16. The van der Waals surface area contributed by atoms with Gasteiger partial charge in [-0.1, -0.05) is 13.3 Å². The van der Waals surface area contributed by atoms with E-state index >= 15 is 4.39 Å². The molecule has 1 fully saturated rings. The molecule has 1 saturated heterocycles. The number of benzene rings is 2. The van der Waals surface area contributed by atoms with Gasteiger partial charge in [0.15, 0.2) is 0 Å². The molecule has 1 heterocycles. The normalized spacial score (nSPS) is 15.4. The number of carbonyl (C=O) groups is 2. The van der Waals surface area contributed by atoms with Crippen molar-refractivity contribution in [2.75, 3.05) is 64.2 Å². The van der Waals surface area contributed by atoms with Crippen LogP contribution in [-0.4, -0.2) is 82.1 Å². The highest BCUT2D eigenvalue weighted by Gasteiger charge is 2.30. The zero-order valence-electron chi connectivity index (χ0n) is 21.5. The highest BCUT2D eigenvalue weighted by molar-refractivity contribution is 6.05. The second kappa shape index (κ2) is 12.0. The van der Waals surface area contributed by atoms with Gasteiger partial charge in [0.1, 0.15) is 11.6 Å². The molecular formula is C27H37FN4O3. The van der Waals surface area contributed by atoms with E-state index in [-0.39, 0.29) is 23.7 Å². The molecule has 0 spiro atoms. The SMILES string of the molecule is CCCCOc1ccc(C(=O)N(C)c2ccc(N3CCC(N(C)C(=O)CN(C)C)C3)c(F)c2)cc1.